The SMILES string of the molecule is C1CC2(C1)C(NCc1nnc(C3CC3)n1C1CC1)C1CCOC12. The second-order valence-corrected chi connectivity index (χ2v) is 8.54. The number of nitrogens with one attached hydrogen (secondary N) is 1. The molecule has 4 saturated carbocycles. The van der Waals surface area contributed by atoms with Crippen LogP contribution in [0.5, 0.6) is 0 Å². The summed E-state index contributed by atoms with van der Waals surface area (Å²) in [6, 6.07) is 1.34. The first-order chi connectivity index (χ1) is 11.4. The zero-order valence-corrected chi connectivity index (χ0v) is 13.7. The zero-order valence-electron chi connectivity index (χ0n) is 13.7. The normalized spacial score (nSPS) is 37.5. The first-order valence-electron chi connectivity index (χ1n) is 9.65. The highest BCUT2D eigenvalue weighted by Gasteiger charge is 2.66. The quantitative estimate of drug-likeness (QED) is 0.907. The van der Waals surface area contributed by atoms with E-state index in [4.69, 9.17) is 4.74 Å². The van der Waals surface area contributed by atoms with E-state index in [2.05, 4.69) is 20.1 Å². The molecule has 5 aliphatic rings. The van der Waals surface area contributed by atoms with E-state index < -0.39 is 0 Å². The molecule has 0 aromatic carbocycles. The summed E-state index contributed by atoms with van der Waals surface area (Å²) >= 11 is 0. The fourth-order valence-electron chi connectivity index (χ4n) is 5.57. The van der Waals surface area contributed by atoms with Gasteiger partial charge in [-0.05, 0) is 44.9 Å². The van der Waals surface area contributed by atoms with Crippen molar-refractivity contribution in [1.29, 1.82) is 0 Å². The van der Waals surface area contributed by atoms with Gasteiger partial charge < -0.3 is 14.6 Å². The fraction of sp³-hybridized carbons (Fsp3) is 0.889. The molecule has 0 radical (unpaired) electrons. The van der Waals surface area contributed by atoms with Gasteiger partial charge in [-0.25, -0.2) is 0 Å². The summed E-state index contributed by atoms with van der Waals surface area (Å²) in [7, 11) is 0. The Bertz CT molecular complexity index is 629. The lowest BCUT2D eigenvalue weighted by Gasteiger charge is -2.63. The van der Waals surface area contributed by atoms with Crippen LogP contribution in [0.4, 0.5) is 0 Å². The number of fused-ring (bicyclic) bond motifs is 2. The van der Waals surface area contributed by atoms with Gasteiger partial charge in [-0.1, -0.05) is 6.42 Å². The van der Waals surface area contributed by atoms with E-state index in [0.717, 1.165) is 19.1 Å². The lowest BCUT2D eigenvalue weighted by atomic mass is 9.46. The molecule has 23 heavy (non-hydrogen) atoms. The largest absolute Gasteiger partial charge is 0.377 e. The van der Waals surface area contributed by atoms with Gasteiger partial charge in [0, 0.05) is 35.9 Å². The third kappa shape index (κ3) is 1.81. The summed E-state index contributed by atoms with van der Waals surface area (Å²) in [5.41, 5.74) is 0.463. The molecule has 2 heterocycles. The smallest absolute Gasteiger partial charge is 0.147 e. The third-order valence-corrected chi connectivity index (χ3v) is 7.16. The van der Waals surface area contributed by atoms with Gasteiger partial charge in [-0.2, -0.15) is 0 Å². The topological polar surface area (TPSA) is 52.0 Å². The van der Waals surface area contributed by atoms with Crippen molar-refractivity contribution in [2.24, 2.45) is 11.3 Å². The van der Waals surface area contributed by atoms with Crippen LogP contribution < -0.4 is 5.32 Å². The van der Waals surface area contributed by atoms with Gasteiger partial charge >= 0.3 is 0 Å². The van der Waals surface area contributed by atoms with E-state index in [1.807, 2.05) is 0 Å². The Morgan fingerprint density at radius 3 is 2.70 bits per heavy atom. The van der Waals surface area contributed by atoms with E-state index in [0.29, 0.717) is 29.5 Å². The molecule has 1 aliphatic heterocycles. The first kappa shape index (κ1) is 13.4. The number of rotatable bonds is 5. The number of aromatic nitrogens is 3. The molecular formula is C18H26N4O. The molecule has 1 aromatic rings. The molecule has 1 saturated heterocycles. The molecule has 0 amide bonds. The molecule has 3 unspecified atom stereocenters. The highest BCUT2D eigenvalue weighted by Crippen LogP contribution is 2.62. The Labute approximate surface area is 137 Å². The Balaban J connectivity index is 1.22. The molecule has 0 bridgehead atoms. The van der Waals surface area contributed by atoms with Crippen LogP contribution in [-0.2, 0) is 11.3 Å². The predicted molar refractivity (Wildman–Crippen MR) is 85.0 cm³/mol. The van der Waals surface area contributed by atoms with Crippen LogP contribution in [0.15, 0.2) is 0 Å². The number of hydrogen-bond donors (Lipinski definition) is 1. The standard InChI is InChI=1S/C18H26N4O/c1-7-18(8-1)15(13-6-9-23-16(13)18)19-10-14-20-21-17(11-2-3-11)22(14)12-4-5-12/h11-13,15-16,19H,1-10H2. The minimum Gasteiger partial charge on any atom is -0.377 e. The average Bonchev–Trinajstić information content (AvgIpc) is 3.43. The number of ether oxygens (including phenoxy) is 1. The zero-order chi connectivity index (χ0) is 15.0. The molecule has 5 nitrogen and oxygen atoms in total. The molecule has 1 N–H and O–H groups in total. The highest BCUT2D eigenvalue weighted by atomic mass is 16.5. The van der Waals surface area contributed by atoms with Gasteiger partial charge in [0.25, 0.3) is 0 Å². The molecular weight excluding hydrogens is 288 g/mol. The van der Waals surface area contributed by atoms with E-state index >= 15 is 0 Å². The molecule has 6 rings (SSSR count). The van der Waals surface area contributed by atoms with Gasteiger partial charge in [0.05, 0.1) is 12.6 Å². The van der Waals surface area contributed by atoms with Crippen molar-refractivity contribution >= 4 is 0 Å². The van der Waals surface area contributed by atoms with Crippen molar-refractivity contribution in [2.45, 2.75) is 82.0 Å². The second-order valence-electron chi connectivity index (χ2n) is 8.54. The Morgan fingerprint density at radius 2 is 2.00 bits per heavy atom. The maximum atomic E-state index is 6.03. The third-order valence-electron chi connectivity index (χ3n) is 7.16. The molecule has 3 atom stereocenters. The van der Waals surface area contributed by atoms with Crippen LogP contribution >= 0.6 is 0 Å². The molecule has 124 valence electrons. The van der Waals surface area contributed by atoms with Crippen molar-refractivity contribution in [3.8, 4) is 0 Å². The average molecular weight is 314 g/mol. The fourth-order valence-corrected chi connectivity index (χ4v) is 5.57. The highest BCUT2D eigenvalue weighted by molar-refractivity contribution is 5.19. The predicted octanol–water partition coefficient (Wildman–Crippen LogP) is 2.54. The Kier molecular flexibility index (Phi) is 2.66. The minimum absolute atomic E-state index is 0.463. The van der Waals surface area contributed by atoms with Crippen LogP contribution in [0, 0.1) is 11.3 Å². The lowest BCUT2D eigenvalue weighted by molar-refractivity contribution is -0.176. The van der Waals surface area contributed by atoms with Crippen molar-refractivity contribution in [1.82, 2.24) is 20.1 Å². The van der Waals surface area contributed by atoms with Crippen molar-refractivity contribution in [2.75, 3.05) is 6.61 Å². The number of hydrogen-bond acceptors (Lipinski definition) is 4. The summed E-state index contributed by atoms with van der Waals surface area (Å²) < 4.78 is 8.52. The Morgan fingerprint density at radius 1 is 1.13 bits per heavy atom. The summed E-state index contributed by atoms with van der Waals surface area (Å²) in [6.07, 6.45) is 11.1. The van der Waals surface area contributed by atoms with Crippen LogP contribution in [0.2, 0.25) is 0 Å². The van der Waals surface area contributed by atoms with E-state index in [1.165, 1.54) is 63.0 Å². The first-order valence-corrected chi connectivity index (χ1v) is 9.65. The maximum absolute atomic E-state index is 6.03. The molecule has 4 aliphatic carbocycles. The maximum Gasteiger partial charge on any atom is 0.147 e. The number of nitrogens with zero attached hydrogens (tertiary/aromatic N) is 3. The van der Waals surface area contributed by atoms with Gasteiger partial charge in [-0.3, -0.25) is 0 Å². The van der Waals surface area contributed by atoms with E-state index in [9.17, 15) is 0 Å². The molecule has 5 fully saturated rings. The van der Waals surface area contributed by atoms with E-state index in [-0.39, 0.29) is 0 Å². The summed E-state index contributed by atoms with van der Waals surface area (Å²) in [6.45, 7) is 1.87. The Hall–Kier alpha value is -0.940. The minimum atomic E-state index is 0.463. The monoisotopic (exact) mass is 314 g/mol. The molecule has 1 aromatic heterocycles. The lowest BCUT2D eigenvalue weighted by Crippen LogP contribution is -2.70. The van der Waals surface area contributed by atoms with Crippen LogP contribution in [0.25, 0.3) is 0 Å². The molecule has 1 spiro atoms. The van der Waals surface area contributed by atoms with Crippen LogP contribution in [-0.4, -0.2) is 33.5 Å². The molecule has 5 heteroatoms. The van der Waals surface area contributed by atoms with Gasteiger partial charge in [0.2, 0.25) is 0 Å². The van der Waals surface area contributed by atoms with Gasteiger partial charge in [0.1, 0.15) is 11.6 Å². The van der Waals surface area contributed by atoms with Gasteiger partial charge in [-0.15, -0.1) is 10.2 Å². The van der Waals surface area contributed by atoms with Gasteiger partial charge in [0.15, 0.2) is 0 Å². The summed E-state index contributed by atoms with van der Waals surface area (Å²) in [5.74, 6) is 3.91. The van der Waals surface area contributed by atoms with Crippen LogP contribution in [0.1, 0.15) is 75.0 Å². The summed E-state index contributed by atoms with van der Waals surface area (Å²) in [5, 5.41) is 13.0. The van der Waals surface area contributed by atoms with Crippen molar-refractivity contribution in [3.05, 3.63) is 11.6 Å². The van der Waals surface area contributed by atoms with Crippen molar-refractivity contribution < 1.29 is 4.74 Å². The van der Waals surface area contributed by atoms with E-state index in [1.54, 1.807) is 0 Å². The second kappa shape index (κ2) is 4.57. The van der Waals surface area contributed by atoms with Crippen molar-refractivity contribution in [3.63, 3.8) is 0 Å². The summed E-state index contributed by atoms with van der Waals surface area (Å²) in [4.78, 5) is 0. The van der Waals surface area contributed by atoms with Crippen LogP contribution in [0.3, 0.4) is 0 Å².